The Morgan fingerprint density at radius 1 is 1.27 bits per heavy atom. The number of aromatic nitrogens is 2. The summed E-state index contributed by atoms with van der Waals surface area (Å²) in [6.45, 7) is 2.48. The van der Waals surface area contributed by atoms with Crippen molar-refractivity contribution in [3.8, 4) is 0 Å². The number of nitrogens with zero attached hydrogens (tertiary/aromatic N) is 2. The minimum Gasteiger partial charge on any atom is -0.352 e. The van der Waals surface area contributed by atoms with E-state index in [-0.39, 0.29) is 5.91 Å². The summed E-state index contributed by atoms with van der Waals surface area (Å²) in [5.74, 6) is -0.106. The molecular weight excluding hydrogens is 298 g/mol. The second kappa shape index (κ2) is 6.20. The Balaban J connectivity index is 1.67. The molecule has 3 rings (SSSR count). The number of aryl methyl sites for hydroxylation is 1. The van der Waals surface area contributed by atoms with Crippen molar-refractivity contribution >= 4 is 23.2 Å². The number of carbonyl (C=O) groups excluding carboxylic acids is 1. The third kappa shape index (κ3) is 3.12. The second-order valence-electron chi connectivity index (χ2n) is 5.17. The number of benzene rings is 1. The number of fused-ring (bicyclic) bond motifs is 1. The Kier molecular flexibility index (Phi) is 4.11. The van der Waals surface area contributed by atoms with Crippen molar-refractivity contribution in [1.82, 2.24) is 14.7 Å². The van der Waals surface area contributed by atoms with Crippen LogP contribution in [-0.4, -0.2) is 21.8 Å². The number of carbonyl (C=O) groups is 1. The molecule has 0 bridgehead atoms. The van der Waals surface area contributed by atoms with E-state index in [2.05, 4.69) is 10.3 Å². The fraction of sp³-hybridized carbons (Fsp3) is 0.176. The Labute approximate surface area is 133 Å². The molecule has 2 aromatic heterocycles. The van der Waals surface area contributed by atoms with Gasteiger partial charge in [-0.15, -0.1) is 0 Å². The van der Waals surface area contributed by atoms with Gasteiger partial charge in [-0.25, -0.2) is 4.98 Å². The van der Waals surface area contributed by atoms with E-state index in [0.717, 1.165) is 17.7 Å². The Morgan fingerprint density at radius 2 is 2.05 bits per heavy atom. The number of hydrogen-bond acceptors (Lipinski definition) is 2. The molecule has 2 heterocycles. The van der Waals surface area contributed by atoms with Crippen LogP contribution in [0, 0.1) is 6.92 Å². The van der Waals surface area contributed by atoms with Crippen molar-refractivity contribution in [3.63, 3.8) is 0 Å². The van der Waals surface area contributed by atoms with Crippen molar-refractivity contribution in [1.29, 1.82) is 0 Å². The quantitative estimate of drug-likeness (QED) is 0.803. The number of imidazole rings is 1. The third-order valence-corrected chi connectivity index (χ3v) is 3.71. The molecule has 1 N–H and O–H groups in total. The average Bonchev–Trinajstić information content (AvgIpc) is 2.89. The maximum atomic E-state index is 12.3. The van der Waals surface area contributed by atoms with Crippen LogP contribution in [0.25, 0.3) is 5.65 Å². The maximum Gasteiger partial charge on any atom is 0.255 e. The number of pyridine rings is 1. The van der Waals surface area contributed by atoms with Gasteiger partial charge in [-0.05, 0) is 43.2 Å². The van der Waals surface area contributed by atoms with E-state index in [1.54, 1.807) is 6.07 Å². The minimum atomic E-state index is -0.106. The summed E-state index contributed by atoms with van der Waals surface area (Å²) in [5, 5.41) is 3.65. The van der Waals surface area contributed by atoms with Gasteiger partial charge in [-0.2, -0.15) is 0 Å². The lowest BCUT2D eigenvalue weighted by molar-refractivity contribution is 0.0955. The lowest BCUT2D eigenvalue weighted by Gasteiger charge is -2.06. The molecule has 0 saturated carbocycles. The van der Waals surface area contributed by atoms with Gasteiger partial charge in [-0.3, -0.25) is 4.79 Å². The predicted octanol–water partition coefficient (Wildman–Crippen LogP) is 3.27. The Hall–Kier alpha value is -2.33. The molecule has 4 nitrogen and oxygen atoms in total. The van der Waals surface area contributed by atoms with Gasteiger partial charge in [0.1, 0.15) is 5.65 Å². The molecule has 0 spiro atoms. The summed E-state index contributed by atoms with van der Waals surface area (Å²) in [7, 11) is 0. The van der Waals surface area contributed by atoms with Gasteiger partial charge in [0, 0.05) is 24.0 Å². The van der Waals surface area contributed by atoms with Gasteiger partial charge in [0.2, 0.25) is 0 Å². The molecule has 1 amide bonds. The van der Waals surface area contributed by atoms with E-state index in [9.17, 15) is 4.79 Å². The zero-order valence-electron chi connectivity index (χ0n) is 12.2. The summed E-state index contributed by atoms with van der Waals surface area (Å²) in [6.07, 6.45) is 4.55. The molecule has 0 radical (unpaired) electrons. The highest BCUT2D eigenvalue weighted by atomic mass is 35.5. The number of rotatable bonds is 4. The monoisotopic (exact) mass is 313 g/mol. The summed E-state index contributed by atoms with van der Waals surface area (Å²) in [4.78, 5) is 16.7. The van der Waals surface area contributed by atoms with Crippen LogP contribution in [0.2, 0.25) is 5.02 Å². The lowest BCUT2D eigenvalue weighted by Crippen LogP contribution is -2.26. The first kappa shape index (κ1) is 14.6. The van der Waals surface area contributed by atoms with Crippen molar-refractivity contribution in [2.24, 2.45) is 0 Å². The highest BCUT2D eigenvalue weighted by Crippen LogP contribution is 2.12. The van der Waals surface area contributed by atoms with Crippen LogP contribution in [0.4, 0.5) is 0 Å². The number of halogens is 1. The van der Waals surface area contributed by atoms with Crippen LogP contribution in [-0.2, 0) is 6.42 Å². The topological polar surface area (TPSA) is 46.4 Å². The molecule has 22 heavy (non-hydrogen) atoms. The van der Waals surface area contributed by atoms with Crippen molar-refractivity contribution in [2.75, 3.05) is 6.54 Å². The Bertz CT molecular complexity index is 808. The first-order valence-electron chi connectivity index (χ1n) is 7.10. The third-order valence-electron chi connectivity index (χ3n) is 3.46. The first-order chi connectivity index (χ1) is 10.6. The van der Waals surface area contributed by atoms with Crippen LogP contribution in [0.1, 0.15) is 21.6 Å². The number of nitrogens with one attached hydrogen (secondary N) is 1. The fourth-order valence-corrected chi connectivity index (χ4v) is 2.51. The van der Waals surface area contributed by atoms with Crippen LogP contribution in [0.15, 0.2) is 48.8 Å². The van der Waals surface area contributed by atoms with E-state index in [4.69, 9.17) is 11.6 Å². The Morgan fingerprint density at radius 3 is 2.82 bits per heavy atom. The van der Waals surface area contributed by atoms with Gasteiger partial charge >= 0.3 is 0 Å². The smallest absolute Gasteiger partial charge is 0.255 e. The highest BCUT2D eigenvalue weighted by molar-refractivity contribution is 6.30. The first-order valence-corrected chi connectivity index (χ1v) is 7.48. The maximum absolute atomic E-state index is 12.3. The van der Waals surface area contributed by atoms with Crippen molar-refractivity contribution < 1.29 is 4.79 Å². The van der Waals surface area contributed by atoms with E-state index in [1.807, 2.05) is 54.0 Å². The van der Waals surface area contributed by atoms with Crippen molar-refractivity contribution in [2.45, 2.75) is 13.3 Å². The predicted molar refractivity (Wildman–Crippen MR) is 87.4 cm³/mol. The number of amides is 1. The molecule has 0 atom stereocenters. The molecule has 0 aliphatic heterocycles. The van der Waals surface area contributed by atoms with Gasteiger partial charge in [-0.1, -0.05) is 23.7 Å². The minimum absolute atomic E-state index is 0.106. The van der Waals surface area contributed by atoms with Gasteiger partial charge < -0.3 is 9.72 Å². The highest BCUT2D eigenvalue weighted by Gasteiger charge is 2.11. The van der Waals surface area contributed by atoms with Crippen LogP contribution in [0.3, 0.4) is 0 Å². The van der Waals surface area contributed by atoms with E-state index >= 15 is 0 Å². The molecule has 112 valence electrons. The lowest BCUT2D eigenvalue weighted by atomic mass is 10.1. The van der Waals surface area contributed by atoms with E-state index in [0.29, 0.717) is 22.8 Å². The summed E-state index contributed by atoms with van der Waals surface area (Å²) >= 11 is 5.85. The zero-order chi connectivity index (χ0) is 15.5. The second-order valence-corrected chi connectivity index (χ2v) is 5.60. The van der Waals surface area contributed by atoms with Gasteiger partial charge in [0.25, 0.3) is 5.91 Å². The molecular formula is C17H16ClN3O. The van der Waals surface area contributed by atoms with Crippen LogP contribution < -0.4 is 5.32 Å². The van der Waals surface area contributed by atoms with Crippen LogP contribution in [0.5, 0.6) is 0 Å². The number of hydrogen-bond donors (Lipinski definition) is 1. The van der Waals surface area contributed by atoms with E-state index in [1.165, 1.54) is 0 Å². The molecule has 3 aromatic rings. The molecule has 0 aliphatic rings. The summed E-state index contributed by atoms with van der Waals surface area (Å²) in [5.41, 5.74) is 3.30. The molecule has 0 fully saturated rings. The summed E-state index contributed by atoms with van der Waals surface area (Å²) in [6, 6.07) is 11.3. The largest absolute Gasteiger partial charge is 0.352 e. The molecule has 1 aromatic carbocycles. The fourth-order valence-electron chi connectivity index (χ4n) is 2.38. The molecule has 0 unspecified atom stereocenters. The van der Waals surface area contributed by atoms with Gasteiger partial charge in [0.15, 0.2) is 0 Å². The zero-order valence-corrected chi connectivity index (χ0v) is 13.0. The normalized spacial score (nSPS) is 10.8. The van der Waals surface area contributed by atoms with Gasteiger partial charge in [0.05, 0.1) is 11.3 Å². The SMILES string of the molecule is Cc1cn2cccc(C(=O)NCCc3ccc(Cl)cc3)c2n1. The molecule has 0 saturated heterocycles. The standard InChI is InChI=1S/C17H16ClN3O/c1-12-11-21-10-2-3-15(16(21)20-12)17(22)19-9-8-13-4-6-14(18)7-5-13/h2-7,10-11H,8-9H2,1H3,(H,19,22). The average molecular weight is 314 g/mol. The van der Waals surface area contributed by atoms with Crippen LogP contribution >= 0.6 is 11.6 Å². The van der Waals surface area contributed by atoms with E-state index < -0.39 is 0 Å². The molecule has 0 aliphatic carbocycles. The van der Waals surface area contributed by atoms with Crippen molar-refractivity contribution in [3.05, 3.63) is 70.6 Å². The summed E-state index contributed by atoms with van der Waals surface area (Å²) < 4.78 is 1.86. The molecule has 5 heteroatoms.